The maximum atomic E-state index is 11.8. The molecule has 0 radical (unpaired) electrons. The lowest BCUT2D eigenvalue weighted by Gasteiger charge is -2.27. The highest BCUT2D eigenvalue weighted by Crippen LogP contribution is 2.35. The van der Waals surface area contributed by atoms with Gasteiger partial charge < -0.3 is 10.1 Å². The van der Waals surface area contributed by atoms with Gasteiger partial charge in [-0.25, -0.2) is 0 Å². The molecule has 6 heteroatoms. The fraction of sp³-hybridized carbons (Fsp3) is 0.900. The van der Waals surface area contributed by atoms with Gasteiger partial charge in [0.25, 0.3) is 0 Å². The van der Waals surface area contributed by atoms with Crippen LogP contribution < -0.4 is 5.32 Å². The molecule has 0 saturated heterocycles. The predicted octanol–water partition coefficient (Wildman–Crippen LogP) is 1.62. The average molecular weight is 226 g/mol. The minimum Gasteiger partial charge on any atom is -0.468 e. The third-order valence-corrected chi connectivity index (χ3v) is 3.08. The van der Waals surface area contributed by atoms with Crippen molar-refractivity contribution in [2.75, 3.05) is 20.2 Å². The molecular formula is C10H18N4O2. The SMILES string of the molecule is COC(=O)C1(NCCN=[N+]=[N-])CCC(C)C1. The molecule has 1 aliphatic rings. The molecule has 90 valence electrons. The van der Waals surface area contributed by atoms with Crippen LogP contribution in [-0.4, -0.2) is 31.7 Å². The van der Waals surface area contributed by atoms with E-state index in [1.54, 1.807) is 0 Å². The largest absolute Gasteiger partial charge is 0.468 e. The van der Waals surface area contributed by atoms with Crippen LogP contribution in [0.2, 0.25) is 0 Å². The Morgan fingerprint density at radius 2 is 2.50 bits per heavy atom. The van der Waals surface area contributed by atoms with Gasteiger partial charge in [0.15, 0.2) is 0 Å². The minimum atomic E-state index is -0.570. The first-order valence-electron chi connectivity index (χ1n) is 5.49. The number of carbonyl (C=O) groups is 1. The van der Waals surface area contributed by atoms with Crippen molar-refractivity contribution >= 4 is 5.97 Å². The molecular weight excluding hydrogens is 208 g/mol. The van der Waals surface area contributed by atoms with E-state index in [4.69, 9.17) is 10.3 Å². The van der Waals surface area contributed by atoms with E-state index in [-0.39, 0.29) is 5.97 Å². The Balaban J connectivity index is 2.58. The molecule has 0 heterocycles. The molecule has 2 atom stereocenters. The van der Waals surface area contributed by atoms with Crippen LogP contribution in [0.15, 0.2) is 5.11 Å². The van der Waals surface area contributed by atoms with Crippen LogP contribution >= 0.6 is 0 Å². The topological polar surface area (TPSA) is 87.1 Å². The third kappa shape index (κ3) is 2.87. The molecule has 0 aliphatic heterocycles. The Bertz CT molecular complexity index is 301. The summed E-state index contributed by atoms with van der Waals surface area (Å²) in [5, 5.41) is 6.61. The van der Waals surface area contributed by atoms with Crippen LogP contribution in [0, 0.1) is 5.92 Å². The van der Waals surface area contributed by atoms with Crippen molar-refractivity contribution in [3.8, 4) is 0 Å². The highest BCUT2D eigenvalue weighted by Gasteiger charge is 2.44. The number of hydrogen-bond donors (Lipinski definition) is 1. The molecule has 0 bridgehead atoms. The van der Waals surface area contributed by atoms with Gasteiger partial charge >= 0.3 is 5.97 Å². The van der Waals surface area contributed by atoms with E-state index >= 15 is 0 Å². The standard InChI is InChI=1S/C10H18N4O2/c1-8-3-4-10(7-8,9(15)16-2)12-5-6-13-14-11/h8,12H,3-7H2,1-2H3. The molecule has 0 spiro atoms. The highest BCUT2D eigenvalue weighted by molar-refractivity contribution is 5.81. The van der Waals surface area contributed by atoms with Crippen LogP contribution in [-0.2, 0) is 9.53 Å². The van der Waals surface area contributed by atoms with Crippen LogP contribution in [0.1, 0.15) is 26.2 Å². The molecule has 1 aliphatic carbocycles. The lowest BCUT2D eigenvalue weighted by atomic mass is 9.96. The van der Waals surface area contributed by atoms with E-state index in [9.17, 15) is 4.79 Å². The first-order valence-corrected chi connectivity index (χ1v) is 5.49. The molecule has 0 amide bonds. The maximum absolute atomic E-state index is 11.8. The van der Waals surface area contributed by atoms with Gasteiger partial charge in [0.1, 0.15) is 5.54 Å². The van der Waals surface area contributed by atoms with Gasteiger partial charge in [-0.1, -0.05) is 12.0 Å². The summed E-state index contributed by atoms with van der Waals surface area (Å²) in [6.07, 6.45) is 2.59. The van der Waals surface area contributed by atoms with Crippen molar-refractivity contribution in [1.29, 1.82) is 0 Å². The van der Waals surface area contributed by atoms with Crippen LogP contribution in [0.4, 0.5) is 0 Å². The fourth-order valence-electron chi connectivity index (χ4n) is 2.30. The molecule has 6 nitrogen and oxygen atoms in total. The molecule has 2 unspecified atom stereocenters. The monoisotopic (exact) mass is 226 g/mol. The molecule has 1 fully saturated rings. The zero-order valence-electron chi connectivity index (χ0n) is 9.77. The van der Waals surface area contributed by atoms with E-state index in [0.717, 1.165) is 19.3 Å². The molecule has 1 rings (SSSR count). The van der Waals surface area contributed by atoms with Crippen molar-refractivity contribution in [2.45, 2.75) is 31.7 Å². The fourth-order valence-corrected chi connectivity index (χ4v) is 2.30. The second-order valence-electron chi connectivity index (χ2n) is 4.30. The summed E-state index contributed by atoms with van der Waals surface area (Å²) in [5.74, 6) is 0.309. The van der Waals surface area contributed by atoms with Crippen molar-refractivity contribution in [1.82, 2.24) is 5.32 Å². The second-order valence-corrected chi connectivity index (χ2v) is 4.30. The Kier molecular flexibility index (Phi) is 4.58. The van der Waals surface area contributed by atoms with E-state index in [1.807, 2.05) is 0 Å². The molecule has 16 heavy (non-hydrogen) atoms. The zero-order chi connectivity index (χ0) is 12.0. The van der Waals surface area contributed by atoms with Gasteiger partial charge in [-0.2, -0.15) is 0 Å². The minimum absolute atomic E-state index is 0.210. The summed E-state index contributed by atoms with van der Waals surface area (Å²) in [4.78, 5) is 14.4. The third-order valence-electron chi connectivity index (χ3n) is 3.08. The molecule has 0 aromatic carbocycles. The van der Waals surface area contributed by atoms with Crippen molar-refractivity contribution < 1.29 is 9.53 Å². The highest BCUT2D eigenvalue weighted by atomic mass is 16.5. The first-order chi connectivity index (χ1) is 7.64. The van der Waals surface area contributed by atoms with Crippen LogP contribution in [0.5, 0.6) is 0 Å². The number of nitrogens with zero attached hydrogens (tertiary/aromatic N) is 3. The molecule has 0 aromatic rings. The van der Waals surface area contributed by atoms with Crippen LogP contribution in [0.3, 0.4) is 0 Å². The van der Waals surface area contributed by atoms with E-state index in [0.29, 0.717) is 19.0 Å². The summed E-state index contributed by atoms with van der Waals surface area (Å²) in [7, 11) is 1.40. The quantitative estimate of drug-likeness (QED) is 0.254. The first kappa shape index (κ1) is 12.8. The summed E-state index contributed by atoms with van der Waals surface area (Å²) in [5.41, 5.74) is 7.59. The number of ether oxygens (including phenoxy) is 1. The van der Waals surface area contributed by atoms with Crippen molar-refractivity contribution in [2.24, 2.45) is 11.0 Å². The smallest absolute Gasteiger partial charge is 0.326 e. The van der Waals surface area contributed by atoms with Gasteiger partial charge in [0, 0.05) is 18.0 Å². The Morgan fingerprint density at radius 3 is 3.00 bits per heavy atom. The number of azide groups is 1. The number of esters is 1. The Labute approximate surface area is 95.0 Å². The summed E-state index contributed by atoms with van der Waals surface area (Å²) >= 11 is 0. The Hall–Kier alpha value is -1.26. The number of carbonyl (C=O) groups excluding carboxylic acids is 1. The average Bonchev–Trinajstić information content (AvgIpc) is 2.67. The summed E-state index contributed by atoms with van der Waals surface area (Å²) in [6, 6.07) is 0. The normalized spacial score (nSPS) is 28.5. The van der Waals surface area contributed by atoms with Gasteiger partial charge in [-0.15, -0.1) is 0 Å². The van der Waals surface area contributed by atoms with Crippen LogP contribution in [0.25, 0.3) is 10.4 Å². The lowest BCUT2D eigenvalue weighted by Crippen LogP contribution is -2.51. The lowest BCUT2D eigenvalue weighted by molar-refractivity contribution is -0.148. The van der Waals surface area contributed by atoms with Crippen molar-refractivity contribution in [3.63, 3.8) is 0 Å². The van der Waals surface area contributed by atoms with Gasteiger partial charge in [0.05, 0.1) is 7.11 Å². The molecule has 0 aromatic heterocycles. The van der Waals surface area contributed by atoms with E-state index in [2.05, 4.69) is 22.3 Å². The number of rotatable bonds is 5. The summed E-state index contributed by atoms with van der Waals surface area (Å²) < 4.78 is 4.84. The maximum Gasteiger partial charge on any atom is 0.326 e. The van der Waals surface area contributed by atoms with Gasteiger partial charge in [-0.05, 0) is 30.7 Å². The number of nitrogens with one attached hydrogen (secondary N) is 1. The summed E-state index contributed by atoms with van der Waals surface area (Å²) in [6.45, 7) is 2.98. The van der Waals surface area contributed by atoms with E-state index in [1.165, 1.54) is 7.11 Å². The van der Waals surface area contributed by atoms with Gasteiger partial charge in [-0.3, -0.25) is 4.79 Å². The Morgan fingerprint density at radius 1 is 1.75 bits per heavy atom. The predicted molar refractivity (Wildman–Crippen MR) is 59.8 cm³/mol. The van der Waals surface area contributed by atoms with Gasteiger partial charge in [0.2, 0.25) is 0 Å². The number of hydrogen-bond acceptors (Lipinski definition) is 4. The van der Waals surface area contributed by atoms with Crippen molar-refractivity contribution in [3.05, 3.63) is 10.4 Å². The molecule has 1 N–H and O–H groups in total. The number of methoxy groups -OCH3 is 1. The second kappa shape index (κ2) is 5.72. The van der Waals surface area contributed by atoms with E-state index < -0.39 is 5.54 Å². The zero-order valence-corrected chi connectivity index (χ0v) is 9.77. The molecule has 1 saturated carbocycles.